The fourth-order valence-electron chi connectivity index (χ4n) is 1.75. The number of hydrogen-bond acceptors (Lipinski definition) is 4. The van der Waals surface area contributed by atoms with Crippen LogP contribution in [0.25, 0.3) is 0 Å². The predicted octanol–water partition coefficient (Wildman–Crippen LogP) is 2.05. The summed E-state index contributed by atoms with van der Waals surface area (Å²) in [6, 6.07) is 4.22. The van der Waals surface area contributed by atoms with Crippen LogP contribution in [-0.4, -0.2) is 38.3 Å². The van der Waals surface area contributed by atoms with E-state index in [0.717, 1.165) is 45.0 Å². The second kappa shape index (κ2) is 8.89. The Hall–Kier alpha value is -1.13. The van der Waals surface area contributed by atoms with Crippen LogP contribution in [0.2, 0.25) is 0 Å². The monoisotopic (exact) mass is 251 g/mol. The van der Waals surface area contributed by atoms with E-state index < -0.39 is 0 Å². The normalized spacial score (nSPS) is 10.6. The highest BCUT2D eigenvalue weighted by Crippen LogP contribution is 2.10. The SMILES string of the molecule is CCCNCc1ccc(N(CC)CCOC)nc1. The Kier molecular flexibility index (Phi) is 7.37. The molecule has 0 radical (unpaired) electrons. The third-order valence-electron chi connectivity index (χ3n) is 2.84. The highest BCUT2D eigenvalue weighted by Gasteiger charge is 2.04. The third-order valence-corrected chi connectivity index (χ3v) is 2.84. The van der Waals surface area contributed by atoms with Gasteiger partial charge in [0.2, 0.25) is 0 Å². The Labute approximate surface area is 110 Å². The number of methoxy groups -OCH3 is 1. The first-order valence-corrected chi connectivity index (χ1v) is 6.71. The minimum atomic E-state index is 0.731. The molecule has 18 heavy (non-hydrogen) atoms. The van der Waals surface area contributed by atoms with Crippen molar-refractivity contribution in [2.45, 2.75) is 26.8 Å². The van der Waals surface area contributed by atoms with Crippen LogP contribution in [0, 0.1) is 0 Å². The van der Waals surface area contributed by atoms with Gasteiger partial charge in [-0.05, 0) is 31.5 Å². The summed E-state index contributed by atoms with van der Waals surface area (Å²) in [4.78, 5) is 6.73. The van der Waals surface area contributed by atoms with Crippen molar-refractivity contribution in [2.24, 2.45) is 0 Å². The molecule has 4 heteroatoms. The zero-order chi connectivity index (χ0) is 13.2. The van der Waals surface area contributed by atoms with Crippen molar-refractivity contribution in [3.8, 4) is 0 Å². The Balaban J connectivity index is 2.51. The molecule has 1 N–H and O–H groups in total. The molecule has 0 aromatic carbocycles. The Morgan fingerprint density at radius 3 is 2.72 bits per heavy atom. The van der Waals surface area contributed by atoms with E-state index in [1.807, 2.05) is 6.20 Å². The van der Waals surface area contributed by atoms with Crippen LogP contribution < -0.4 is 10.2 Å². The molecule has 0 saturated heterocycles. The van der Waals surface area contributed by atoms with Crippen molar-refractivity contribution in [1.29, 1.82) is 0 Å². The van der Waals surface area contributed by atoms with Crippen LogP contribution in [0.4, 0.5) is 5.82 Å². The van der Waals surface area contributed by atoms with E-state index in [4.69, 9.17) is 4.74 Å². The van der Waals surface area contributed by atoms with Crippen molar-refractivity contribution >= 4 is 5.82 Å². The standard InChI is InChI=1S/C14H25N3O/c1-4-8-15-11-13-6-7-14(16-12-13)17(5-2)9-10-18-3/h6-7,12,15H,4-5,8-11H2,1-3H3. The topological polar surface area (TPSA) is 37.4 Å². The molecule has 1 heterocycles. The zero-order valence-electron chi connectivity index (χ0n) is 11.8. The van der Waals surface area contributed by atoms with Gasteiger partial charge in [0.1, 0.15) is 5.82 Å². The second-order valence-electron chi connectivity index (χ2n) is 4.27. The first-order chi connectivity index (χ1) is 8.81. The molecule has 1 aromatic rings. The average molecular weight is 251 g/mol. The number of pyridine rings is 1. The molecular weight excluding hydrogens is 226 g/mol. The molecule has 0 aliphatic carbocycles. The largest absolute Gasteiger partial charge is 0.383 e. The van der Waals surface area contributed by atoms with Gasteiger partial charge in [-0.3, -0.25) is 0 Å². The minimum absolute atomic E-state index is 0.731. The van der Waals surface area contributed by atoms with E-state index in [0.29, 0.717) is 0 Å². The summed E-state index contributed by atoms with van der Waals surface area (Å²) in [5.74, 6) is 1.02. The summed E-state index contributed by atoms with van der Waals surface area (Å²) in [6.07, 6.45) is 3.11. The smallest absolute Gasteiger partial charge is 0.128 e. The number of nitrogens with one attached hydrogen (secondary N) is 1. The van der Waals surface area contributed by atoms with Crippen molar-refractivity contribution in [3.05, 3.63) is 23.9 Å². The molecule has 0 aliphatic heterocycles. The molecule has 0 unspecified atom stereocenters. The summed E-state index contributed by atoms with van der Waals surface area (Å²) >= 11 is 0. The molecule has 0 amide bonds. The molecule has 102 valence electrons. The maximum atomic E-state index is 5.11. The molecule has 1 rings (SSSR count). The summed E-state index contributed by atoms with van der Waals surface area (Å²) in [5, 5.41) is 3.37. The number of anilines is 1. The van der Waals surface area contributed by atoms with E-state index in [2.05, 4.69) is 41.2 Å². The lowest BCUT2D eigenvalue weighted by atomic mass is 10.2. The quantitative estimate of drug-likeness (QED) is 0.682. The van der Waals surface area contributed by atoms with Crippen LogP contribution in [0.5, 0.6) is 0 Å². The van der Waals surface area contributed by atoms with E-state index in [9.17, 15) is 0 Å². The summed E-state index contributed by atoms with van der Waals surface area (Å²) in [7, 11) is 1.73. The van der Waals surface area contributed by atoms with E-state index in [1.54, 1.807) is 7.11 Å². The number of ether oxygens (including phenoxy) is 1. The first kappa shape index (κ1) is 14.9. The number of rotatable bonds is 9. The lowest BCUT2D eigenvalue weighted by Crippen LogP contribution is -2.27. The number of nitrogens with zero attached hydrogens (tertiary/aromatic N) is 2. The molecule has 0 aliphatic rings. The van der Waals surface area contributed by atoms with Gasteiger partial charge in [0.05, 0.1) is 6.61 Å². The highest BCUT2D eigenvalue weighted by atomic mass is 16.5. The summed E-state index contributed by atoms with van der Waals surface area (Å²) < 4.78 is 5.11. The minimum Gasteiger partial charge on any atom is -0.383 e. The third kappa shape index (κ3) is 5.02. The van der Waals surface area contributed by atoms with Gasteiger partial charge in [0, 0.05) is 32.9 Å². The molecule has 0 spiro atoms. The zero-order valence-corrected chi connectivity index (χ0v) is 11.8. The predicted molar refractivity (Wildman–Crippen MR) is 76.0 cm³/mol. The lowest BCUT2D eigenvalue weighted by Gasteiger charge is -2.21. The molecule has 0 atom stereocenters. The van der Waals surface area contributed by atoms with Crippen molar-refractivity contribution in [2.75, 3.05) is 38.3 Å². The van der Waals surface area contributed by atoms with E-state index in [-0.39, 0.29) is 0 Å². The van der Waals surface area contributed by atoms with Gasteiger partial charge < -0.3 is 15.0 Å². The second-order valence-corrected chi connectivity index (χ2v) is 4.27. The van der Waals surface area contributed by atoms with Crippen molar-refractivity contribution < 1.29 is 4.74 Å². The maximum absolute atomic E-state index is 5.11. The maximum Gasteiger partial charge on any atom is 0.128 e. The van der Waals surface area contributed by atoms with Crippen LogP contribution >= 0.6 is 0 Å². The van der Waals surface area contributed by atoms with Crippen molar-refractivity contribution in [3.63, 3.8) is 0 Å². The summed E-state index contributed by atoms with van der Waals surface area (Å²) in [5.41, 5.74) is 1.23. The van der Waals surface area contributed by atoms with Crippen molar-refractivity contribution in [1.82, 2.24) is 10.3 Å². The average Bonchev–Trinajstić information content (AvgIpc) is 2.41. The fraction of sp³-hybridized carbons (Fsp3) is 0.643. The van der Waals surface area contributed by atoms with Crippen LogP contribution in [0.15, 0.2) is 18.3 Å². The molecule has 1 aromatic heterocycles. The molecule has 4 nitrogen and oxygen atoms in total. The molecule has 0 fully saturated rings. The Morgan fingerprint density at radius 2 is 2.17 bits per heavy atom. The van der Waals surface area contributed by atoms with Gasteiger partial charge in [0.15, 0.2) is 0 Å². The van der Waals surface area contributed by atoms with Gasteiger partial charge in [-0.25, -0.2) is 4.98 Å². The van der Waals surface area contributed by atoms with Crippen LogP contribution in [0.1, 0.15) is 25.8 Å². The van der Waals surface area contributed by atoms with E-state index in [1.165, 1.54) is 5.56 Å². The molecule has 0 saturated carbocycles. The van der Waals surface area contributed by atoms with Gasteiger partial charge >= 0.3 is 0 Å². The Bertz CT molecular complexity index is 313. The number of hydrogen-bond donors (Lipinski definition) is 1. The van der Waals surface area contributed by atoms with Crippen LogP contribution in [0.3, 0.4) is 0 Å². The first-order valence-electron chi connectivity index (χ1n) is 6.71. The molecule has 0 bridgehead atoms. The fourth-order valence-corrected chi connectivity index (χ4v) is 1.75. The van der Waals surface area contributed by atoms with Gasteiger partial charge in [-0.1, -0.05) is 13.0 Å². The molecular formula is C14H25N3O. The number of aromatic nitrogens is 1. The number of likely N-dealkylation sites (N-methyl/N-ethyl adjacent to an activating group) is 1. The van der Waals surface area contributed by atoms with Gasteiger partial charge in [-0.15, -0.1) is 0 Å². The van der Waals surface area contributed by atoms with Gasteiger partial charge in [-0.2, -0.15) is 0 Å². The van der Waals surface area contributed by atoms with E-state index >= 15 is 0 Å². The Morgan fingerprint density at radius 1 is 1.33 bits per heavy atom. The summed E-state index contributed by atoms with van der Waals surface area (Å²) in [6.45, 7) is 8.81. The van der Waals surface area contributed by atoms with Crippen LogP contribution in [-0.2, 0) is 11.3 Å². The highest BCUT2D eigenvalue weighted by molar-refractivity contribution is 5.39. The lowest BCUT2D eigenvalue weighted by molar-refractivity contribution is 0.205. The van der Waals surface area contributed by atoms with Gasteiger partial charge in [0.25, 0.3) is 0 Å².